The third kappa shape index (κ3) is 2.53. The van der Waals surface area contributed by atoms with Gasteiger partial charge in [-0.3, -0.25) is 9.59 Å². The average molecular weight is 372 g/mol. The largest absolute Gasteiger partial charge is 0.362 e. The second-order valence-electron chi connectivity index (χ2n) is 8.11. The molecule has 6 rings (SSSR count). The van der Waals surface area contributed by atoms with Gasteiger partial charge in [0.05, 0.1) is 5.56 Å². The van der Waals surface area contributed by atoms with Crippen LogP contribution in [0.3, 0.4) is 0 Å². The van der Waals surface area contributed by atoms with E-state index in [4.69, 9.17) is 0 Å². The molecular weight excluding hydrogens is 346 g/mol. The predicted molar refractivity (Wildman–Crippen MR) is 103 cm³/mol. The van der Waals surface area contributed by atoms with Crippen LogP contribution in [0.4, 0.5) is 5.69 Å². The van der Waals surface area contributed by atoms with Crippen molar-refractivity contribution in [2.24, 2.45) is 17.8 Å². The number of carbonyl (C=O) groups excluding carboxylic acids is 2. The molecule has 4 atom stereocenters. The Kier molecular flexibility index (Phi) is 3.92. The zero-order chi connectivity index (χ0) is 17.7. The third-order valence-electron chi connectivity index (χ3n) is 6.78. The van der Waals surface area contributed by atoms with E-state index in [0.29, 0.717) is 17.7 Å². The normalized spacial score (nSPS) is 35.6. The summed E-state index contributed by atoms with van der Waals surface area (Å²) in [6, 6.07) is 7.73. The Morgan fingerprint density at radius 3 is 2.73 bits per heavy atom. The van der Waals surface area contributed by atoms with Gasteiger partial charge in [0.1, 0.15) is 5.66 Å². The molecule has 0 radical (unpaired) electrons. The maximum Gasteiger partial charge on any atom is 0.255 e. The van der Waals surface area contributed by atoms with Crippen LogP contribution < -0.4 is 10.6 Å². The molecule has 5 aliphatic rings. The molecule has 4 fully saturated rings. The van der Waals surface area contributed by atoms with Gasteiger partial charge >= 0.3 is 0 Å². The maximum absolute atomic E-state index is 13.1. The van der Waals surface area contributed by atoms with E-state index < -0.39 is 0 Å². The Bertz CT molecular complexity index is 748. The van der Waals surface area contributed by atoms with E-state index in [1.165, 1.54) is 0 Å². The fraction of sp³-hybridized carbons (Fsp3) is 0.600. The van der Waals surface area contributed by atoms with Crippen molar-refractivity contribution < 1.29 is 9.59 Å². The lowest BCUT2D eigenvalue weighted by atomic mass is 9.58. The summed E-state index contributed by atoms with van der Waals surface area (Å²) < 4.78 is 0. The van der Waals surface area contributed by atoms with Crippen molar-refractivity contribution in [2.45, 2.75) is 31.3 Å². The molecule has 3 saturated carbocycles. The Balaban J connectivity index is 1.38. The van der Waals surface area contributed by atoms with Crippen LogP contribution in [0.2, 0.25) is 0 Å². The number of anilines is 1. The molecule has 26 heavy (non-hydrogen) atoms. The van der Waals surface area contributed by atoms with Crippen LogP contribution in [0, 0.1) is 17.8 Å². The Labute approximate surface area is 158 Å². The monoisotopic (exact) mass is 371 g/mol. The summed E-state index contributed by atoms with van der Waals surface area (Å²) in [4.78, 5) is 27.8. The zero-order valence-corrected chi connectivity index (χ0v) is 15.7. The fourth-order valence-corrected chi connectivity index (χ4v) is 6.37. The van der Waals surface area contributed by atoms with Crippen LogP contribution in [0.1, 0.15) is 36.0 Å². The number of amides is 2. The lowest BCUT2D eigenvalue weighted by Crippen LogP contribution is -2.68. The van der Waals surface area contributed by atoms with Crippen molar-refractivity contribution in [3.63, 3.8) is 0 Å². The summed E-state index contributed by atoms with van der Waals surface area (Å²) in [6.07, 6.45) is 3.93. The van der Waals surface area contributed by atoms with Gasteiger partial charge in [0.25, 0.3) is 5.91 Å². The van der Waals surface area contributed by atoms with Crippen molar-refractivity contribution in [2.75, 3.05) is 29.9 Å². The summed E-state index contributed by atoms with van der Waals surface area (Å²) in [7, 11) is 0. The molecule has 0 aromatic heterocycles. The quantitative estimate of drug-likeness (QED) is 0.796. The first-order valence-corrected chi connectivity index (χ1v) is 10.9. The fourth-order valence-electron chi connectivity index (χ4n) is 5.46. The van der Waals surface area contributed by atoms with Gasteiger partial charge in [0, 0.05) is 42.1 Å². The minimum absolute atomic E-state index is 0.0165. The highest BCUT2D eigenvalue weighted by Gasteiger charge is 2.55. The van der Waals surface area contributed by atoms with E-state index in [9.17, 15) is 9.59 Å². The number of fused-ring (bicyclic) bond motifs is 3. The highest BCUT2D eigenvalue weighted by atomic mass is 32.2. The van der Waals surface area contributed by atoms with Gasteiger partial charge in [-0.1, -0.05) is 12.1 Å². The zero-order valence-electron chi connectivity index (χ0n) is 14.9. The number of hydrogen-bond acceptors (Lipinski definition) is 4. The molecule has 2 N–H and O–H groups in total. The number of rotatable bonds is 1. The smallest absolute Gasteiger partial charge is 0.255 e. The van der Waals surface area contributed by atoms with E-state index in [1.807, 2.05) is 36.0 Å². The van der Waals surface area contributed by atoms with Crippen LogP contribution in [0.15, 0.2) is 24.3 Å². The van der Waals surface area contributed by atoms with Crippen molar-refractivity contribution in [1.82, 2.24) is 10.2 Å². The molecule has 2 aliphatic heterocycles. The number of benzene rings is 1. The first-order chi connectivity index (χ1) is 12.7. The number of nitrogens with zero attached hydrogens (tertiary/aromatic N) is 1. The van der Waals surface area contributed by atoms with Gasteiger partial charge < -0.3 is 15.5 Å². The Morgan fingerprint density at radius 2 is 1.96 bits per heavy atom. The van der Waals surface area contributed by atoms with Gasteiger partial charge in [0.15, 0.2) is 0 Å². The second kappa shape index (κ2) is 6.19. The first kappa shape index (κ1) is 16.5. The molecular formula is C20H25N3O2S. The third-order valence-corrected chi connectivity index (χ3v) is 7.72. The van der Waals surface area contributed by atoms with E-state index >= 15 is 0 Å². The minimum Gasteiger partial charge on any atom is -0.362 e. The molecule has 5 nitrogen and oxygen atoms in total. The second-order valence-corrected chi connectivity index (χ2v) is 9.34. The molecule has 2 amide bonds. The molecule has 138 valence electrons. The number of para-hydroxylation sites is 1. The lowest BCUT2D eigenvalue weighted by Gasteiger charge is -2.56. The van der Waals surface area contributed by atoms with Crippen LogP contribution in [0.5, 0.6) is 0 Å². The van der Waals surface area contributed by atoms with Crippen LogP contribution in [-0.2, 0) is 4.79 Å². The van der Waals surface area contributed by atoms with Crippen molar-refractivity contribution in [1.29, 1.82) is 0 Å². The summed E-state index contributed by atoms with van der Waals surface area (Å²) in [5.41, 5.74) is 1.28. The van der Waals surface area contributed by atoms with Crippen molar-refractivity contribution in [3.8, 4) is 0 Å². The van der Waals surface area contributed by atoms with E-state index in [-0.39, 0.29) is 17.5 Å². The van der Waals surface area contributed by atoms with Crippen LogP contribution >= 0.6 is 11.8 Å². The minimum atomic E-state index is -0.372. The van der Waals surface area contributed by atoms with Crippen molar-refractivity contribution in [3.05, 3.63) is 29.8 Å². The molecule has 1 spiro atoms. The van der Waals surface area contributed by atoms with E-state index in [0.717, 1.165) is 61.5 Å². The maximum atomic E-state index is 13.1. The predicted octanol–water partition coefficient (Wildman–Crippen LogP) is 2.55. The molecule has 1 saturated heterocycles. The topological polar surface area (TPSA) is 61.4 Å². The molecule has 1 aromatic rings. The molecule has 1 aromatic carbocycles. The van der Waals surface area contributed by atoms with Crippen molar-refractivity contribution >= 4 is 29.3 Å². The number of carbonyl (C=O) groups is 2. The van der Waals surface area contributed by atoms with E-state index in [1.54, 1.807) is 0 Å². The highest BCUT2D eigenvalue weighted by Crippen LogP contribution is 2.52. The molecule has 3 aliphatic carbocycles. The Morgan fingerprint density at radius 1 is 1.15 bits per heavy atom. The van der Waals surface area contributed by atoms with E-state index in [2.05, 4.69) is 15.5 Å². The summed E-state index contributed by atoms with van der Waals surface area (Å²) in [5, 5.41) is 6.93. The van der Waals surface area contributed by atoms with Crippen LogP contribution in [-0.4, -0.2) is 47.0 Å². The molecule has 2 bridgehead atoms. The number of thioether (sulfide) groups is 1. The Hall–Kier alpha value is -1.69. The SMILES string of the molecule is O=C1N[C@]2(CC3CCC2CC3C(=O)N2CCSCC2)Nc2ccccc21. The first-order valence-electron chi connectivity index (χ1n) is 9.72. The summed E-state index contributed by atoms with van der Waals surface area (Å²) >= 11 is 1.94. The molecule has 6 heteroatoms. The van der Waals surface area contributed by atoms with Gasteiger partial charge in [-0.2, -0.15) is 11.8 Å². The number of hydrogen-bond donors (Lipinski definition) is 2. The van der Waals surface area contributed by atoms with Gasteiger partial charge in [0.2, 0.25) is 5.91 Å². The lowest BCUT2D eigenvalue weighted by molar-refractivity contribution is -0.142. The van der Waals surface area contributed by atoms with Gasteiger partial charge in [-0.15, -0.1) is 0 Å². The van der Waals surface area contributed by atoms with Gasteiger partial charge in [-0.05, 0) is 43.7 Å². The summed E-state index contributed by atoms with van der Waals surface area (Å²) in [5.74, 6) is 3.31. The van der Waals surface area contributed by atoms with Gasteiger partial charge in [-0.25, -0.2) is 0 Å². The molecule has 2 heterocycles. The van der Waals surface area contributed by atoms with Crippen LogP contribution in [0.25, 0.3) is 0 Å². The number of nitrogens with one attached hydrogen (secondary N) is 2. The summed E-state index contributed by atoms with van der Waals surface area (Å²) in [6.45, 7) is 1.79. The standard InChI is InChI=1S/C20H25N3O2S/c24-18-15-3-1-2-4-17(15)21-20(22-18)12-13-5-6-14(20)11-16(13)19(25)23-7-9-26-10-8-23/h1-4,13-14,16,21H,5-12H2,(H,22,24)/t13?,14?,16?,20-/m0/s1. The highest BCUT2D eigenvalue weighted by molar-refractivity contribution is 7.99. The average Bonchev–Trinajstić information content (AvgIpc) is 2.68. The molecule has 3 unspecified atom stereocenters.